The number of carbonyl (C=O) groups is 2. The molecule has 7 heteroatoms. The van der Waals surface area contributed by atoms with Gasteiger partial charge in [0.25, 0.3) is 11.8 Å². The standard InChI is InChI=1S/C23H21N3O3S/c1-3-11-25-14-15(18-9-4-5-10-20(18)25)12-19-21(27)24-23(30)26(22(19)28)16-7-6-8-17(13-16)29-2/h4-10,12-14H,3,11H2,1-2H3,(H,24,27,30)/b19-12+. The summed E-state index contributed by atoms with van der Waals surface area (Å²) in [5.41, 5.74) is 2.44. The van der Waals surface area contributed by atoms with Gasteiger partial charge < -0.3 is 9.30 Å². The molecular formula is C23H21N3O3S. The van der Waals surface area contributed by atoms with E-state index in [0.29, 0.717) is 11.4 Å². The highest BCUT2D eigenvalue weighted by Crippen LogP contribution is 2.28. The third-order valence-electron chi connectivity index (χ3n) is 5.00. The first-order valence-electron chi connectivity index (χ1n) is 9.67. The summed E-state index contributed by atoms with van der Waals surface area (Å²) in [5.74, 6) is -0.381. The molecule has 3 aromatic rings. The zero-order valence-electron chi connectivity index (χ0n) is 16.7. The molecule has 0 saturated carbocycles. The molecule has 0 aliphatic carbocycles. The van der Waals surface area contributed by atoms with E-state index < -0.39 is 11.8 Å². The number of thiocarbonyl (C=S) groups is 1. The van der Waals surface area contributed by atoms with Crippen LogP contribution < -0.4 is 15.0 Å². The molecule has 2 heterocycles. The summed E-state index contributed by atoms with van der Waals surface area (Å²) in [6.45, 7) is 2.96. The van der Waals surface area contributed by atoms with Crippen LogP contribution in [0, 0.1) is 0 Å². The SMILES string of the molecule is CCCn1cc(/C=C2\C(=O)NC(=S)N(c3cccc(OC)c3)C2=O)c2ccccc21. The van der Waals surface area contributed by atoms with Gasteiger partial charge in [-0.05, 0) is 42.9 Å². The van der Waals surface area contributed by atoms with Crippen LogP contribution in [-0.4, -0.2) is 28.6 Å². The molecule has 1 N–H and O–H groups in total. The number of benzene rings is 2. The van der Waals surface area contributed by atoms with E-state index in [1.165, 1.54) is 4.90 Å². The summed E-state index contributed by atoms with van der Waals surface area (Å²) >= 11 is 5.28. The van der Waals surface area contributed by atoms with E-state index in [9.17, 15) is 9.59 Å². The maximum Gasteiger partial charge on any atom is 0.270 e. The highest BCUT2D eigenvalue weighted by atomic mass is 32.1. The van der Waals surface area contributed by atoms with Crippen molar-refractivity contribution >= 4 is 51.8 Å². The number of rotatable bonds is 5. The third kappa shape index (κ3) is 3.48. The Labute approximate surface area is 179 Å². The van der Waals surface area contributed by atoms with Gasteiger partial charge in [-0.15, -0.1) is 0 Å². The fraction of sp³-hybridized carbons (Fsp3) is 0.174. The largest absolute Gasteiger partial charge is 0.497 e. The number of hydrogen-bond donors (Lipinski definition) is 1. The summed E-state index contributed by atoms with van der Waals surface area (Å²) in [6.07, 6.45) is 4.59. The van der Waals surface area contributed by atoms with Crippen LogP contribution in [0.4, 0.5) is 5.69 Å². The Morgan fingerprint density at radius 2 is 1.93 bits per heavy atom. The van der Waals surface area contributed by atoms with Crippen LogP contribution in [-0.2, 0) is 16.1 Å². The maximum atomic E-state index is 13.3. The fourth-order valence-electron chi connectivity index (χ4n) is 3.61. The van der Waals surface area contributed by atoms with Crippen LogP contribution >= 0.6 is 12.2 Å². The molecule has 0 atom stereocenters. The fourth-order valence-corrected chi connectivity index (χ4v) is 3.89. The van der Waals surface area contributed by atoms with Crippen LogP contribution in [0.5, 0.6) is 5.75 Å². The molecule has 0 spiro atoms. The van der Waals surface area contributed by atoms with Gasteiger partial charge in [0, 0.05) is 35.3 Å². The zero-order chi connectivity index (χ0) is 21.3. The number of nitrogens with one attached hydrogen (secondary N) is 1. The van der Waals surface area contributed by atoms with Crippen LogP contribution in [0.3, 0.4) is 0 Å². The maximum absolute atomic E-state index is 13.3. The summed E-state index contributed by atoms with van der Waals surface area (Å²) in [7, 11) is 1.55. The van der Waals surface area contributed by atoms with Gasteiger partial charge in [0.2, 0.25) is 0 Å². The lowest BCUT2D eigenvalue weighted by Gasteiger charge is -2.29. The number of para-hydroxylation sites is 1. The van der Waals surface area contributed by atoms with Crippen molar-refractivity contribution in [2.24, 2.45) is 0 Å². The van der Waals surface area contributed by atoms with Crippen LogP contribution in [0.15, 0.2) is 60.3 Å². The number of fused-ring (bicyclic) bond motifs is 1. The average molecular weight is 420 g/mol. The lowest BCUT2D eigenvalue weighted by atomic mass is 10.1. The van der Waals surface area contributed by atoms with Crippen molar-refractivity contribution in [1.29, 1.82) is 0 Å². The van der Waals surface area contributed by atoms with Gasteiger partial charge in [-0.25, -0.2) is 0 Å². The molecule has 0 unspecified atom stereocenters. The van der Waals surface area contributed by atoms with Crippen molar-refractivity contribution in [2.75, 3.05) is 12.0 Å². The lowest BCUT2D eigenvalue weighted by Crippen LogP contribution is -2.54. The summed E-state index contributed by atoms with van der Waals surface area (Å²) < 4.78 is 7.38. The molecule has 1 aromatic heterocycles. The summed E-state index contributed by atoms with van der Waals surface area (Å²) in [6, 6.07) is 14.9. The first-order valence-corrected chi connectivity index (χ1v) is 10.1. The number of nitrogens with zero attached hydrogens (tertiary/aromatic N) is 2. The number of aryl methyl sites for hydroxylation is 1. The third-order valence-corrected chi connectivity index (χ3v) is 5.28. The molecule has 4 rings (SSSR count). The van der Waals surface area contributed by atoms with Crippen molar-refractivity contribution in [1.82, 2.24) is 9.88 Å². The van der Waals surface area contributed by atoms with Crippen molar-refractivity contribution in [3.05, 3.63) is 65.9 Å². The number of aromatic nitrogens is 1. The number of anilines is 1. The quantitative estimate of drug-likeness (QED) is 0.387. The molecule has 1 aliphatic rings. The van der Waals surface area contributed by atoms with E-state index in [1.807, 2.05) is 30.5 Å². The Hall–Kier alpha value is -3.45. The Morgan fingerprint density at radius 3 is 2.70 bits per heavy atom. The van der Waals surface area contributed by atoms with E-state index >= 15 is 0 Å². The van der Waals surface area contributed by atoms with Gasteiger partial charge in [0.05, 0.1) is 12.8 Å². The predicted molar refractivity (Wildman–Crippen MR) is 121 cm³/mol. The molecule has 1 saturated heterocycles. The molecule has 6 nitrogen and oxygen atoms in total. The Morgan fingerprint density at radius 1 is 1.13 bits per heavy atom. The average Bonchev–Trinajstić information content (AvgIpc) is 3.09. The van der Waals surface area contributed by atoms with Gasteiger partial charge in [0.15, 0.2) is 5.11 Å². The second-order valence-corrected chi connectivity index (χ2v) is 7.34. The van der Waals surface area contributed by atoms with Crippen molar-refractivity contribution in [2.45, 2.75) is 19.9 Å². The van der Waals surface area contributed by atoms with Gasteiger partial charge in [-0.2, -0.15) is 0 Å². The van der Waals surface area contributed by atoms with E-state index in [0.717, 1.165) is 29.4 Å². The van der Waals surface area contributed by atoms with Crippen LogP contribution in [0.25, 0.3) is 17.0 Å². The molecule has 30 heavy (non-hydrogen) atoms. The molecule has 152 valence electrons. The smallest absolute Gasteiger partial charge is 0.270 e. The first kappa shape index (κ1) is 19.8. The van der Waals surface area contributed by atoms with Gasteiger partial charge in [0.1, 0.15) is 11.3 Å². The highest BCUT2D eigenvalue weighted by Gasteiger charge is 2.34. The molecule has 1 aliphatic heterocycles. The van der Waals surface area contributed by atoms with Gasteiger partial charge in [-0.3, -0.25) is 19.8 Å². The topological polar surface area (TPSA) is 63.6 Å². The Bertz CT molecular complexity index is 1200. The van der Waals surface area contributed by atoms with E-state index in [-0.39, 0.29) is 10.7 Å². The predicted octanol–water partition coefficient (Wildman–Crippen LogP) is 3.89. The van der Waals surface area contributed by atoms with Crippen LogP contribution in [0.1, 0.15) is 18.9 Å². The minimum Gasteiger partial charge on any atom is -0.497 e. The van der Waals surface area contributed by atoms with Crippen molar-refractivity contribution in [3.63, 3.8) is 0 Å². The van der Waals surface area contributed by atoms with Crippen molar-refractivity contribution in [3.8, 4) is 5.75 Å². The monoisotopic (exact) mass is 419 g/mol. The normalized spacial score (nSPS) is 15.7. The number of amides is 2. The highest BCUT2D eigenvalue weighted by molar-refractivity contribution is 7.80. The minimum atomic E-state index is -0.503. The van der Waals surface area contributed by atoms with Gasteiger partial charge >= 0.3 is 0 Å². The molecule has 1 fully saturated rings. The van der Waals surface area contributed by atoms with E-state index in [2.05, 4.69) is 16.8 Å². The second-order valence-electron chi connectivity index (χ2n) is 6.95. The molecule has 2 amide bonds. The van der Waals surface area contributed by atoms with Crippen LogP contribution in [0.2, 0.25) is 0 Å². The summed E-state index contributed by atoms with van der Waals surface area (Å²) in [4.78, 5) is 27.2. The zero-order valence-corrected chi connectivity index (χ0v) is 17.5. The Kier molecular flexibility index (Phi) is 5.37. The van der Waals surface area contributed by atoms with E-state index in [1.54, 1.807) is 37.5 Å². The van der Waals surface area contributed by atoms with Gasteiger partial charge in [-0.1, -0.05) is 31.2 Å². The number of hydrogen-bond acceptors (Lipinski definition) is 4. The molecule has 0 bridgehead atoms. The first-order chi connectivity index (χ1) is 14.5. The molecule has 0 radical (unpaired) electrons. The minimum absolute atomic E-state index is 0.0332. The molecule has 2 aromatic carbocycles. The lowest BCUT2D eigenvalue weighted by molar-refractivity contribution is -0.122. The van der Waals surface area contributed by atoms with E-state index in [4.69, 9.17) is 17.0 Å². The molecular weight excluding hydrogens is 398 g/mol. The summed E-state index contributed by atoms with van der Waals surface area (Å²) in [5, 5.41) is 3.66. The second kappa shape index (κ2) is 8.12. The Balaban J connectivity index is 1.79. The van der Waals surface area contributed by atoms with Crippen molar-refractivity contribution < 1.29 is 14.3 Å². The number of methoxy groups -OCH3 is 1. The number of ether oxygens (including phenoxy) is 1. The number of carbonyl (C=O) groups excluding carboxylic acids is 2.